The Labute approximate surface area is 114 Å². The molecule has 0 spiro atoms. The lowest BCUT2D eigenvalue weighted by molar-refractivity contribution is -0.117. The van der Waals surface area contributed by atoms with Crippen LogP contribution in [0.3, 0.4) is 0 Å². The van der Waals surface area contributed by atoms with Gasteiger partial charge in [-0.2, -0.15) is 0 Å². The molecule has 2 saturated heterocycles. The summed E-state index contributed by atoms with van der Waals surface area (Å²) < 4.78 is 0. The van der Waals surface area contributed by atoms with Gasteiger partial charge in [0, 0.05) is 24.5 Å². The highest BCUT2D eigenvalue weighted by Gasteiger charge is 2.21. The number of nitrogens with zero attached hydrogens (tertiary/aromatic N) is 1. The van der Waals surface area contributed by atoms with Crippen molar-refractivity contribution in [2.45, 2.75) is 31.7 Å². The van der Waals surface area contributed by atoms with E-state index in [0.29, 0.717) is 0 Å². The molecule has 2 heterocycles. The summed E-state index contributed by atoms with van der Waals surface area (Å²) >= 11 is 0. The molecule has 1 aromatic rings. The molecule has 19 heavy (non-hydrogen) atoms. The maximum atomic E-state index is 12.0. The van der Waals surface area contributed by atoms with Crippen LogP contribution in [0, 0.1) is 0 Å². The predicted molar refractivity (Wildman–Crippen MR) is 77.5 cm³/mol. The first kappa shape index (κ1) is 12.5. The number of hydrogen-bond donors (Lipinski definition) is 2. The number of anilines is 2. The van der Waals surface area contributed by atoms with Gasteiger partial charge in [0.05, 0.1) is 6.04 Å². The van der Waals surface area contributed by atoms with Crippen molar-refractivity contribution in [3.05, 3.63) is 24.3 Å². The molecule has 2 aliphatic heterocycles. The summed E-state index contributed by atoms with van der Waals surface area (Å²) in [4.78, 5) is 14.4. The molecular formula is C15H21N3O. The highest BCUT2D eigenvalue weighted by Crippen LogP contribution is 2.22. The Morgan fingerprint density at radius 1 is 1.16 bits per heavy atom. The molecule has 0 aliphatic carbocycles. The van der Waals surface area contributed by atoms with Crippen molar-refractivity contribution in [3.8, 4) is 0 Å². The van der Waals surface area contributed by atoms with E-state index in [0.717, 1.165) is 38.2 Å². The van der Waals surface area contributed by atoms with Crippen molar-refractivity contribution in [2.24, 2.45) is 0 Å². The summed E-state index contributed by atoms with van der Waals surface area (Å²) in [6, 6.07) is 8.19. The molecule has 102 valence electrons. The van der Waals surface area contributed by atoms with E-state index in [1.807, 2.05) is 12.1 Å². The summed E-state index contributed by atoms with van der Waals surface area (Å²) in [7, 11) is 0. The second-order valence-corrected chi connectivity index (χ2v) is 5.38. The predicted octanol–water partition coefficient (Wildman–Crippen LogP) is 1.98. The number of nitrogens with one attached hydrogen (secondary N) is 2. The third kappa shape index (κ3) is 2.89. The molecule has 1 aromatic carbocycles. The van der Waals surface area contributed by atoms with Gasteiger partial charge in [-0.3, -0.25) is 4.79 Å². The van der Waals surface area contributed by atoms with Crippen LogP contribution in [0.5, 0.6) is 0 Å². The van der Waals surface area contributed by atoms with Gasteiger partial charge in [-0.25, -0.2) is 0 Å². The van der Waals surface area contributed by atoms with Gasteiger partial charge >= 0.3 is 0 Å². The molecule has 2 fully saturated rings. The molecule has 0 aromatic heterocycles. The fourth-order valence-electron chi connectivity index (χ4n) is 2.87. The van der Waals surface area contributed by atoms with E-state index in [-0.39, 0.29) is 11.9 Å². The summed E-state index contributed by atoms with van der Waals surface area (Å²) in [5, 5.41) is 6.19. The fourth-order valence-corrected chi connectivity index (χ4v) is 2.87. The summed E-state index contributed by atoms with van der Waals surface area (Å²) in [5.41, 5.74) is 2.15. The number of amides is 1. The van der Waals surface area contributed by atoms with E-state index in [9.17, 15) is 4.79 Å². The van der Waals surface area contributed by atoms with Crippen LogP contribution in [0.2, 0.25) is 0 Å². The SMILES string of the molecule is O=C(Nc1ccc(N2CCCC2)cc1)[C@H]1CCCN1. The molecule has 2 N–H and O–H groups in total. The second-order valence-electron chi connectivity index (χ2n) is 5.38. The standard InChI is InChI=1S/C15H21N3O/c19-15(14-4-3-9-16-14)17-12-5-7-13(8-6-12)18-10-1-2-11-18/h5-8,14,16H,1-4,9-11H2,(H,17,19)/t14-/m1/s1. The van der Waals surface area contributed by atoms with Crippen LogP contribution < -0.4 is 15.5 Å². The van der Waals surface area contributed by atoms with Crippen molar-refractivity contribution >= 4 is 17.3 Å². The third-order valence-electron chi connectivity index (χ3n) is 3.98. The molecule has 0 bridgehead atoms. The van der Waals surface area contributed by atoms with Crippen molar-refractivity contribution in [1.29, 1.82) is 0 Å². The van der Waals surface area contributed by atoms with Gasteiger partial charge in [0.1, 0.15) is 0 Å². The average Bonchev–Trinajstić information content (AvgIpc) is 3.13. The number of carbonyl (C=O) groups excluding carboxylic acids is 1. The van der Waals surface area contributed by atoms with Gasteiger partial charge in [0.2, 0.25) is 5.91 Å². The average molecular weight is 259 g/mol. The van der Waals surface area contributed by atoms with Crippen LogP contribution in [-0.4, -0.2) is 31.6 Å². The van der Waals surface area contributed by atoms with Crippen LogP contribution >= 0.6 is 0 Å². The van der Waals surface area contributed by atoms with Gasteiger partial charge < -0.3 is 15.5 Å². The normalized spacial score (nSPS) is 22.7. The number of benzene rings is 1. The van der Waals surface area contributed by atoms with E-state index < -0.39 is 0 Å². The zero-order valence-electron chi connectivity index (χ0n) is 11.2. The Morgan fingerprint density at radius 2 is 1.89 bits per heavy atom. The summed E-state index contributed by atoms with van der Waals surface area (Å²) in [6.07, 6.45) is 4.60. The zero-order chi connectivity index (χ0) is 13.1. The Morgan fingerprint density at radius 3 is 2.53 bits per heavy atom. The van der Waals surface area contributed by atoms with E-state index in [2.05, 4.69) is 27.7 Å². The molecule has 3 rings (SSSR count). The van der Waals surface area contributed by atoms with Crippen LogP contribution in [0.25, 0.3) is 0 Å². The first-order chi connectivity index (χ1) is 9.33. The lowest BCUT2D eigenvalue weighted by atomic mass is 10.2. The lowest BCUT2D eigenvalue weighted by Gasteiger charge is -2.18. The summed E-state index contributed by atoms with van der Waals surface area (Å²) in [6.45, 7) is 3.25. The topological polar surface area (TPSA) is 44.4 Å². The molecule has 4 heteroatoms. The summed E-state index contributed by atoms with van der Waals surface area (Å²) in [5.74, 6) is 0.0893. The Kier molecular flexibility index (Phi) is 3.69. The minimum absolute atomic E-state index is 0.0155. The van der Waals surface area contributed by atoms with Crippen molar-refractivity contribution < 1.29 is 4.79 Å². The lowest BCUT2D eigenvalue weighted by Crippen LogP contribution is -2.35. The molecule has 0 unspecified atom stereocenters. The number of carbonyl (C=O) groups is 1. The van der Waals surface area contributed by atoms with Crippen molar-refractivity contribution in [3.63, 3.8) is 0 Å². The Bertz CT molecular complexity index is 431. The Hall–Kier alpha value is -1.55. The van der Waals surface area contributed by atoms with Crippen LogP contribution in [0.1, 0.15) is 25.7 Å². The molecule has 2 aliphatic rings. The number of hydrogen-bond acceptors (Lipinski definition) is 3. The molecule has 1 amide bonds. The van der Waals surface area contributed by atoms with Gasteiger partial charge in [-0.15, -0.1) is 0 Å². The van der Waals surface area contributed by atoms with E-state index in [1.54, 1.807) is 0 Å². The van der Waals surface area contributed by atoms with Crippen molar-refractivity contribution in [2.75, 3.05) is 29.9 Å². The molecular weight excluding hydrogens is 238 g/mol. The highest BCUT2D eigenvalue weighted by atomic mass is 16.2. The first-order valence-electron chi connectivity index (χ1n) is 7.22. The van der Waals surface area contributed by atoms with E-state index >= 15 is 0 Å². The molecule has 1 atom stereocenters. The monoisotopic (exact) mass is 259 g/mol. The molecule has 0 saturated carbocycles. The molecule has 0 radical (unpaired) electrons. The van der Waals surface area contributed by atoms with Crippen molar-refractivity contribution in [1.82, 2.24) is 5.32 Å². The number of rotatable bonds is 3. The third-order valence-corrected chi connectivity index (χ3v) is 3.98. The van der Waals surface area contributed by atoms with Crippen LogP contribution in [-0.2, 0) is 4.79 Å². The van der Waals surface area contributed by atoms with Crippen LogP contribution in [0.4, 0.5) is 11.4 Å². The smallest absolute Gasteiger partial charge is 0.241 e. The minimum Gasteiger partial charge on any atom is -0.372 e. The van der Waals surface area contributed by atoms with E-state index in [4.69, 9.17) is 0 Å². The Balaban J connectivity index is 1.60. The minimum atomic E-state index is -0.0155. The van der Waals surface area contributed by atoms with Gasteiger partial charge in [-0.05, 0) is 56.5 Å². The van der Waals surface area contributed by atoms with Crippen LogP contribution in [0.15, 0.2) is 24.3 Å². The largest absolute Gasteiger partial charge is 0.372 e. The quantitative estimate of drug-likeness (QED) is 0.872. The van der Waals surface area contributed by atoms with E-state index in [1.165, 1.54) is 18.5 Å². The van der Waals surface area contributed by atoms with Gasteiger partial charge in [-0.1, -0.05) is 0 Å². The van der Waals surface area contributed by atoms with Gasteiger partial charge in [0.15, 0.2) is 0 Å². The first-order valence-corrected chi connectivity index (χ1v) is 7.22. The zero-order valence-corrected chi connectivity index (χ0v) is 11.2. The van der Waals surface area contributed by atoms with Gasteiger partial charge in [0.25, 0.3) is 0 Å². The molecule has 4 nitrogen and oxygen atoms in total. The fraction of sp³-hybridized carbons (Fsp3) is 0.533. The maximum Gasteiger partial charge on any atom is 0.241 e. The second kappa shape index (κ2) is 5.61. The highest BCUT2D eigenvalue weighted by molar-refractivity contribution is 5.95. The maximum absolute atomic E-state index is 12.0.